The van der Waals surface area contributed by atoms with Crippen molar-refractivity contribution >= 4 is 6.08 Å². The van der Waals surface area contributed by atoms with Crippen LogP contribution in [-0.2, 0) is 6.42 Å². The van der Waals surface area contributed by atoms with Gasteiger partial charge in [0.25, 0.3) is 0 Å². The lowest BCUT2D eigenvalue weighted by Gasteiger charge is -2.29. The largest absolute Gasteiger partial charge is 0.573 e. The third-order valence-corrected chi connectivity index (χ3v) is 7.31. The van der Waals surface area contributed by atoms with Crippen molar-refractivity contribution in [2.24, 2.45) is 11.8 Å². The van der Waals surface area contributed by atoms with E-state index in [9.17, 15) is 22.0 Å². The van der Waals surface area contributed by atoms with Gasteiger partial charge in [-0.15, -0.1) is 13.2 Å². The van der Waals surface area contributed by atoms with Gasteiger partial charge in [0.05, 0.1) is 0 Å². The molecule has 4 rings (SSSR count). The smallest absolute Gasteiger partial charge is 0.403 e. The Morgan fingerprint density at radius 3 is 2.24 bits per heavy atom. The van der Waals surface area contributed by atoms with Gasteiger partial charge < -0.3 is 4.74 Å². The molecule has 2 aromatic carbocycles. The first-order chi connectivity index (χ1) is 16.2. The molecule has 0 amide bonds. The molecule has 2 aliphatic rings. The summed E-state index contributed by atoms with van der Waals surface area (Å²) in [4.78, 5) is 0. The highest BCUT2D eigenvalue weighted by Gasteiger charge is 2.32. The number of halogens is 5. The Hall–Kier alpha value is -2.37. The average molecular weight is 479 g/mol. The number of alkyl halides is 3. The molecule has 0 spiro atoms. The van der Waals surface area contributed by atoms with Crippen molar-refractivity contribution in [3.63, 3.8) is 0 Å². The summed E-state index contributed by atoms with van der Waals surface area (Å²) in [6, 6.07) is 6.15. The highest BCUT2D eigenvalue weighted by Crippen LogP contribution is 2.37. The first-order valence-electron chi connectivity index (χ1n) is 12.3. The molecule has 0 bridgehead atoms. The van der Waals surface area contributed by atoms with Crippen LogP contribution in [0.3, 0.4) is 0 Å². The summed E-state index contributed by atoms with van der Waals surface area (Å²) in [5, 5.41) is 0. The van der Waals surface area contributed by atoms with E-state index in [4.69, 9.17) is 0 Å². The summed E-state index contributed by atoms with van der Waals surface area (Å²) in [6.45, 7) is 2.26. The molecule has 1 nitrogen and oxygen atoms in total. The van der Waals surface area contributed by atoms with Gasteiger partial charge in [0.15, 0.2) is 11.6 Å². The number of ether oxygens (including phenoxy) is 1. The normalized spacial score (nSPS) is 20.6. The molecule has 0 atom stereocenters. The van der Waals surface area contributed by atoms with Crippen LogP contribution in [0.1, 0.15) is 75.8 Å². The van der Waals surface area contributed by atoms with E-state index in [0.717, 1.165) is 54.4 Å². The van der Waals surface area contributed by atoms with Crippen molar-refractivity contribution in [1.82, 2.24) is 0 Å². The maximum Gasteiger partial charge on any atom is 0.573 e. The van der Waals surface area contributed by atoms with Gasteiger partial charge in [-0.1, -0.05) is 63.2 Å². The Kier molecular flexibility index (Phi) is 7.63. The van der Waals surface area contributed by atoms with Crippen LogP contribution in [0.5, 0.6) is 5.75 Å². The van der Waals surface area contributed by atoms with E-state index < -0.39 is 23.7 Å². The summed E-state index contributed by atoms with van der Waals surface area (Å²) in [5.41, 5.74) is 3.51. The van der Waals surface area contributed by atoms with E-state index in [1.165, 1.54) is 62.7 Å². The molecule has 6 heteroatoms. The molecule has 0 aliphatic heterocycles. The molecule has 2 aliphatic carbocycles. The minimum absolute atomic E-state index is 0.178. The Morgan fingerprint density at radius 2 is 1.59 bits per heavy atom. The van der Waals surface area contributed by atoms with E-state index in [2.05, 4.69) is 17.7 Å². The van der Waals surface area contributed by atoms with Crippen molar-refractivity contribution in [1.29, 1.82) is 0 Å². The quantitative estimate of drug-likeness (QED) is 0.360. The number of rotatable bonds is 7. The molecule has 0 saturated heterocycles. The zero-order valence-corrected chi connectivity index (χ0v) is 19.5. The minimum atomic E-state index is -4.99. The van der Waals surface area contributed by atoms with Crippen molar-refractivity contribution in [2.75, 3.05) is 0 Å². The number of hydrogen-bond donors (Lipinski definition) is 0. The van der Waals surface area contributed by atoms with Gasteiger partial charge in [0, 0.05) is 5.56 Å². The highest BCUT2D eigenvalue weighted by molar-refractivity contribution is 5.71. The molecule has 0 N–H and O–H groups in total. The minimum Gasteiger partial charge on any atom is -0.403 e. The van der Waals surface area contributed by atoms with Crippen molar-refractivity contribution in [3.05, 3.63) is 58.7 Å². The van der Waals surface area contributed by atoms with Crippen LogP contribution in [0.4, 0.5) is 22.0 Å². The lowest BCUT2D eigenvalue weighted by Crippen LogP contribution is -2.17. The molecule has 1 saturated carbocycles. The van der Waals surface area contributed by atoms with Gasteiger partial charge in [-0.25, -0.2) is 8.78 Å². The Morgan fingerprint density at radius 1 is 0.882 bits per heavy atom. The van der Waals surface area contributed by atoms with Gasteiger partial charge >= 0.3 is 6.36 Å². The van der Waals surface area contributed by atoms with E-state index in [-0.39, 0.29) is 11.1 Å². The van der Waals surface area contributed by atoms with Gasteiger partial charge in [-0.3, -0.25) is 0 Å². The number of fused-ring (bicyclic) bond motifs is 1. The topological polar surface area (TPSA) is 9.23 Å². The summed E-state index contributed by atoms with van der Waals surface area (Å²) < 4.78 is 69.8. The van der Waals surface area contributed by atoms with Crippen molar-refractivity contribution < 1.29 is 26.7 Å². The van der Waals surface area contributed by atoms with Crippen LogP contribution in [-0.4, -0.2) is 6.36 Å². The van der Waals surface area contributed by atoms with Gasteiger partial charge in [-0.05, 0) is 78.5 Å². The third kappa shape index (κ3) is 6.19. The maximum absolute atomic E-state index is 14.9. The fraction of sp³-hybridized carbons (Fsp3) is 0.500. The van der Waals surface area contributed by atoms with Gasteiger partial charge in [0.2, 0.25) is 0 Å². The van der Waals surface area contributed by atoms with Crippen LogP contribution in [0.2, 0.25) is 0 Å². The maximum atomic E-state index is 14.9. The SMILES string of the molecule is CCCC1CCC(CCC2=Cc3cc(F)c(-c4ccc(OC(F)(F)F)c(F)c4)cc3CC2)CC1. The van der Waals surface area contributed by atoms with E-state index in [1.807, 2.05) is 0 Å². The molecule has 0 aromatic heterocycles. The zero-order valence-electron chi connectivity index (χ0n) is 19.5. The lowest BCUT2D eigenvalue weighted by molar-refractivity contribution is -0.275. The number of allylic oxidation sites excluding steroid dienone is 1. The Labute approximate surface area is 198 Å². The van der Waals surface area contributed by atoms with Crippen LogP contribution in [0.15, 0.2) is 35.9 Å². The van der Waals surface area contributed by atoms with Crippen LogP contribution < -0.4 is 4.74 Å². The monoisotopic (exact) mass is 478 g/mol. The van der Waals surface area contributed by atoms with E-state index >= 15 is 0 Å². The second kappa shape index (κ2) is 10.5. The molecular formula is C28H31F5O. The van der Waals surface area contributed by atoms with Crippen molar-refractivity contribution in [2.45, 2.75) is 77.5 Å². The Bertz CT molecular complexity index is 1030. The number of benzene rings is 2. The fourth-order valence-electron chi connectivity index (χ4n) is 5.47. The second-order valence-electron chi connectivity index (χ2n) is 9.74. The summed E-state index contributed by atoms with van der Waals surface area (Å²) in [7, 11) is 0. The molecule has 0 heterocycles. The predicted molar refractivity (Wildman–Crippen MR) is 124 cm³/mol. The summed E-state index contributed by atoms with van der Waals surface area (Å²) in [5.74, 6) is -0.942. The number of hydrogen-bond acceptors (Lipinski definition) is 1. The van der Waals surface area contributed by atoms with Crippen LogP contribution in [0.25, 0.3) is 17.2 Å². The third-order valence-electron chi connectivity index (χ3n) is 7.31. The predicted octanol–water partition coefficient (Wildman–Crippen LogP) is 9.25. The lowest BCUT2D eigenvalue weighted by atomic mass is 9.77. The van der Waals surface area contributed by atoms with E-state index in [1.54, 1.807) is 6.07 Å². The van der Waals surface area contributed by atoms with Crippen LogP contribution in [0, 0.1) is 23.5 Å². The summed E-state index contributed by atoms with van der Waals surface area (Å²) in [6.07, 6.45) is 8.94. The first-order valence-corrected chi connectivity index (χ1v) is 12.3. The van der Waals surface area contributed by atoms with E-state index in [0.29, 0.717) is 0 Å². The molecule has 2 aromatic rings. The summed E-state index contributed by atoms with van der Waals surface area (Å²) >= 11 is 0. The highest BCUT2D eigenvalue weighted by atomic mass is 19.4. The number of aryl methyl sites for hydroxylation is 1. The molecule has 184 valence electrons. The molecular weight excluding hydrogens is 447 g/mol. The standard InChI is InChI=1S/C28H31F5O/c1-2-3-18-4-6-19(7-5-18)8-9-20-10-11-21-15-24(25(29)17-23(21)14-20)22-12-13-27(26(30)16-22)34-28(31,32)33/h12-19H,2-11H2,1H3. The molecule has 0 unspecified atom stereocenters. The van der Waals surface area contributed by atoms with Gasteiger partial charge in [0.1, 0.15) is 5.82 Å². The van der Waals surface area contributed by atoms with Gasteiger partial charge in [-0.2, -0.15) is 0 Å². The fourth-order valence-corrected chi connectivity index (χ4v) is 5.47. The second-order valence-corrected chi connectivity index (χ2v) is 9.74. The first kappa shape index (κ1) is 24.7. The molecule has 1 fully saturated rings. The average Bonchev–Trinajstić information content (AvgIpc) is 2.79. The van der Waals surface area contributed by atoms with Crippen molar-refractivity contribution in [3.8, 4) is 16.9 Å². The molecule has 0 radical (unpaired) electrons. The molecule has 34 heavy (non-hydrogen) atoms. The Balaban J connectivity index is 1.43. The van der Waals surface area contributed by atoms with Crippen LogP contribution >= 0.6 is 0 Å². The zero-order chi connectivity index (χ0) is 24.3.